The molecule has 1 aromatic heterocycles. The van der Waals surface area contributed by atoms with Crippen molar-refractivity contribution < 1.29 is 9.21 Å². The van der Waals surface area contributed by atoms with E-state index >= 15 is 0 Å². The number of hydrogen-bond acceptors (Lipinski definition) is 4. The lowest BCUT2D eigenvalue weighted by atomic mass is 9.95. The minimum absolute atomic E-state index is 0.0180. The molecule has 30 heavy (non-hydrogen) atoms. The van der Waals surface area contributed by atoms with Crippen LogP contribution in [0, 0.1) is 12.8 Å². The Kier molecular flexibility index (Phi) is 8.11. The fourth-order valence-corrected chi connectivity index (χ4v) is 4.27. The maximum absolute atomic E-state index is 12.9. The van der Waals surface area contributed by atoms with E-state index in [9.17, 15) is 4.79 Å². The van der Waals surface area contributed by atoms with E-state index in [0.717, 1.165) is 57.7 Å². The average molecular weight is 412 g/mol. The van der Waals surface area contributed by atoms with Crippen molar-refractivity contribution in [2.24, 2.45) is 5.92 Å². The Hall–Kier alpha value is -2.11. The molecule has 1 aromatic carbocycles. The van der Waals surface area contributed by atoms with Crippen LogP contribution < -0.4 is 0 Å². The van der Waals surface area contributed by atoms with Crippen molar-refractivity contribution in [1.82, 2.24) is 14.7 Å². The van der Waals surface area contributed by atoms with Crippen LogP contribution in [0.3, 0.4) is 0 Å². The predicted octanol–water partition coefficient (Wildman–Crippen LogP) is 4.07. The molecule has 5 heteroatoms. The third-order valence-electron chi connectivity index (χ3n) is 6.16. The summed E-state index contributed by atoms with van der Waals surface area (Å²) in [5.41, 5.74) is 2.84. The number of piperidine rings is 1. The van der Waals surface area contributed by atoms with E-state index in [2.05, 4.69) is 43.0 Å². The normalized spacial score (nSPS) is 15.6. The van der Waals surface area contributed by atoms with Crippen LogP contribution >= 0.6 is 0 Å². The molecule has 0 unspecified atom stereocenters. The fourth-order valence-electron chi connectivity index (χ4n) is 4.27. The molecule has 0 radical (unpaired) electrons. The van der Waals surface area contributed by atoms with Gasteiger partial charge in [-0.25, -0.2) is 0 Å². The summed E-state index contributed by atoms with van der Waals surface area (Å²) in [7, 11) is 3.99. The number of hydrogen-bond donors (Lipinski definition) is 0. The number of rotatable bonds is 9. The smallest absolute Gasteiger partial charge is 0.289 e. The van der Waals surface area contributed by atoms with Crippen LogP contribution in [0.5, 0.6) is 0 Å². The zero-order chi connectivity index (χ0) is 21.5. The molecular weight excluding hydrogens is 374 g/mol. The maximum atomic E-state index is 12.9. The number of furan rings is 1. The zero-order valence-corrected chi connectivity index (χ0v) is 19.1. The van der Waals surface area contributed by atoms with Crippen LogP contribution in [0.25, 0.3) is 0 Å². The number of carbonyl (C=O) groups excluding carboxylic acids is 1. The summed E-state index contributed by atoms with van der Waals surface area (Å²) in [6.07, 6.45) is 3.42. The van der Waals surface area contributed by atoms with E-state index in [1.54, 1.807) is 0 Å². The van der Waals surface area contributed by atoms with E-state index in [1.807, 2.05) is 36.0 Å². The fraction of sp³-hybridized carbons (Fsp3) is 0.560. The van der Waals surface area contributed by atoms with Gasteiger partial charge in [0.15, 0.2) is 5.76 Å². The summed E-state index contributed by atoms with van der Waals surface area (Å²) in [4.78, 5) is 19.5. The summed E-state index contributed by atoms with van der Waals surface area (Å²) in [6, 6.07) is 12.4. The molecule has 1 amide bonds. The Morgan fingerprint density at radius 2 is 1.87 bits per heavy atom. The van der Waals surface area contributed by atoms with Gasteiger partial charge in [0.05, 0.1) is 6.54 Å². The van der Waals surface area contributed by atoms with Crippen molar-refractivity contribution in [2.45, 2.75) is 39.7 Å². The summed E-state index contributed by atoms with van der Waals surface area (Å²) in [6.45, 7) is 9.86. The van der Waals surface area contributed by atoms with Gasteiger partial charge < -0.3 is 19.1 Å². The van der Waals surface area contributed by atoms with Crippen LogP contribution in [0.1, 0.15) is 47.2 Å². The van der Waals surface area contributed by atoms with Crippen LogP contribution in [0.15, 0.2) is 40.8 Å². The first kappa shape index (κ1) is 22.6. The van der Waals surface area contributed by atoms with Gasteiger partial charge in [-0.3, -0.25) is 4.79 Å². The van der Waals surface area contributed by atoms with E-state index in [4.69, 9.17) is 4.42 Å². The number of likely N-dealkylation sites (tertiary alicyclic amines) is 1. The molecule has 164 valence electrons. The van der Waals surface area contributed by atoms with Crippen LogP contribution in [-0.4, -0.2) is 67.4 Å². The molecular formula is C25H37N3O2. The summed E-state index contributed by atoms with van der Waals surface area (Å²) >= 11 is 0. The summed E-state index contributed by atoms with van der Waals surface area (Å²) < 4.78 is 5.79. The number of nitrogens with zero attached hydrogens (tertiary/aromatic N) is 3. The molecule has 0 spiro atoms. The first-order valence-electron chi connectivity index (χ1n) is 11.3. The SMILES string of the molecule is CCN(CC1CCN(CCc2ccccc2C)CC1)C(=O)c1ccc(CN(C)C)o1. The molecule has 3 rings (SSSR count). The Morgan fingerprint density at radius 1 is 1.13 bits per heavy atom. The molecule has 0 bridgehead atoms. The van der Waals surface area contributed by atoms with Gasteiger partial charge in [0.2, 0.25) is 0 Å². The second kappa shape index (κ2) is 10.8. The maximum Gasteiger partial charge on any atom is 0.289 e. The van der Waals surface area contributed by atoms with Crippen LogP contribution in [-0.2, 0) is 13.0 Å². The Bertz CT molecular complexity index is 806. The molecule has 0 saturated carbocycles. The highest BCUT2D eigenvalue weighted by Gasteiger charge is 2.25. The van der Waals surface area contributed by atoms with E-state index in [-0.39, 0.29) is 5.91 Å². The van der Waals surface area contributed by atoms with Crippen molar-refractivity contribution in [3.63, 3.8) is 0 Å². The summed E-state index contributed by atoms with van der Waals surface area (Å²) in [5, 5.41) is 0. The highest BCUT2D eigenvalue weighted by Crippen LogP contribution is 2.21. The van der Waals surface area contributed by atoms with Gasteiger partial charge in [-0.2, -0.15) is 0 Å². The van der Waals surface area contributed by atoms with Crippen molar-refractivity contribution in [3.8, 4) is 0 Å². The number of aryl methyl sites for hydroxylation is 1. The molecule has 2 heterocycles. The average Bonchev–Trinajstić information content (AvgIpc) is 3.19. The molecule has 5 nitrogen and oxygen atoms in total. The van der Waals surface area contributed by atoms with Crippen molar-refractivity contribution >= 4 is 5.91 Å². The minimum atomic E-state index is 0.0180. The van der Waals surface area contributed by atoms with E-state index in [0.29, 0.717) is 18.2 Å². The lowest BCUT2D eigenvalue weighted by Gasteiger charge is -2.34. The van der Waals surface area contributed by atoms with Crippen LogP contribution in [0.4, 0.5) is 0 Å². The molecule has 1 saturated heterocycles. The largest absolute Gasteiger partial charge is 0.455 e. The standard InChI is InChI=1S/C25H37N3O2/c1-5-28(25(29)24-11-10-23(30-24)19-26(3)4)18-21-12-15-27(16-13-21)17-14-22-9-7-6-8-20(22)2/h6-11,21H,5,12-19H2,1-4H3. The molecule has 1 aliphatic heterocycles. The Morgan fingerprint density at radius 3 is 2.53 bits per heavy atom. The van der Waals surface area contributed by atoms with E-state index in [1.165, 1.54) is 11.1 Å². The Labute approximate surface area is 181 Å². The number of benzene rings is 1. The lowest BCUT2D eigenvalue weighted by molar-refractivity contribution is 0.0667. The van der Waals surface area contributed by atoms with E-state index < -0.39 is 0 Å². The molecule has 0 N–H and O–H groups in total. The monoisotopic (exact) mass is 411 g/mol. The van der Waals surface area contributed by atoms with Gasteiger partial charge in [-0.05, 0) is 89.5 Å². The highest BCUT2D eigenvalue weighted by atomic mass is 16.4. The van der Waals surface area contributed by atoms with Gasteiger partial charge in [0.1, 0.15) is 5.76 Å². The van der Waals surface area contributed by atoms with Crippen molar-refractivity contribution in [1.29, 1.82) is 0 Å². The van der Waals surface area contributed by atoms with Crippen molar-refractivity contribution in [3.05, 3.63) is 59.0 Å². The van der Waals surface area contributed by atoms with Gasteiger partial charge in [-0.1, -0.05) is 24.3 Å². The molecule has 1 aliphatic rings. The zero-order valence-electron chi connectivity index (χ0n) is 19.1. The highest BCUT2D eigenvalue weighted by molar-refractivity contribution is 5.91. The molecule has 1 fully saturated rings. The van der Waals surface area contributed by atoms with Gasteiger partial charge in [0, 0.05) is 19.6 Å². The van der Waals surface area contributed by atoms with Gasteiger partial charge >= 0.3 is 0 Å². The second-order valence-electron chi connectivity index (χ2n) is 8.81. The van der Waals surface area contributed by atoms with Gasteiger partial charge in [-0.15, -0.1) is 0 Å². The third-order valence-corrected chi connectivity index (χ3v) is 6.16. The Balaban J connectivity index is 1.46. The molecule has 2 aromatic rings. The lowest BCUT2D eigenvalue weighted by Crippen LogP contribution is -2.41. The third kappa shape index (κ3) is 6.19. The minimum Gasteiger partial charge on any atom is -0.455 e. The number of amides is 1. The topological polar surface area (TPSA) is 39.9 Å². The molecule has 0 atom stereocenters. The predicted molar refractivity (Wildman–Crippen MR) is 122 cm³/mol. The summed E-state index contributed by atoms with van der Waals surface area (Å²) in [5.74, 6) is 1.88. The second-order valence-corrected chi connectivity index (χ2v) is 8.81. The van der Waals surface area contributed by atoms with Crippen LogP contribution in [0.2, 0.25) is 0 Å². The first-order valence-corrected chi connectivity index (χ1v) is 11.3. The number of carbonyl (C=O) groups is 1. The first-order chi connectivity index (χ1) is 14.5. The molecule has 0 aliphatic carbocycles. The van der Waals surface area contributed by atoms with Crippen molar-refractivity contribution in [2.75, 3.05) is 46.8 Å². The van der Waals surface area contributed by atoms with Gasteiger partial charge in [0.25, 0.3) is 5.91 Å². The quantitative estimate of drug-likeness (QED) is 0.624.